The molecule has 1 amide bonds. The van der Waals surface area contributed by atoms with Gasteiger partial charge in [0.1, 0.15) is 0 Å². The van der Waals surface area contributed by atoms with Crippen molar-refractivity contribution in [3.05, 3.63) is 82.6 Å². The summed E-state index contributed by atoms with van der Waals surface area (Å²) >= 11 is 4.75. The van der Waals surface area contributed by atoms with Gasteiger partial charge in [0.15, 0.2) is 11.0 Å². The van der Waals surface area contributed by atoms with E-state index in [2.05, 4.69) is 67.6 Å². The largest absolute Gasteiger partial charge is 0.378 e. The fraction of sp³-hybridized carbons (Fsp3) is 0.250. The van der Waals surface area contributed by atoms with Crippen molar-refractivity contribution in [1.82, 2.24) is 20.2 Å². The van der Waals surface area contributed by atoms with E-state index in [1.54, 1.807) is 6.08 Å². The van der Waals surface area contributed by atoms with Crippen molar-refractivity contribution in [2.24, 2.45) is 5.10 Å². The van der Waals surface area contributed by atoms with E-state index in [4.69, 9.17) is 0 Å². The van der Waals surface area contributed by atoms with Gasteiger partial charge in [-0.1, -0.05) is 63.6 Å². The van der Waals surface area contributed by atoms with Crippen LogP contribution in [0.3, 0.4) is 0 Å². The molecule has 9 heteroatoms. The maximum atomic E-state index is 12.6. The number of nitrogens with zero attached hydrogens (tertiary/aromatic N) is 4. The van der Waals surface area contributed by atoms with Crippen LogP contribution in [0.5, 0.6) is 0 Å². The summed E-state index contributed by atoms with van der Waals surface area (Å²) in [4.78, 5) is 12.6. The molecule has 3 rings (SSSR count). The number of carbonyl (C=O) groups is 1. The number of nitrogens with one attached hydrogen (secondary N) is 2. The number of halogens is 1. The molecule has 0 fully saturated rings. The predicted molar refractivity (Wildman–Crippen MR) is 139 cm³/mol. The van der Waals surface area contributed by atoms with Crippen LogP contribution in [-0.4, -0.2) is 31.6 Å². The first-order valence-corrected chi connectivity index (χ1v) is 12.1. The van der Waals surface area contributed by atoms with Crippen molar-refractivity contribution in [3.63, 3.8) is 0 Å². The molecule has 0 spiro atoms. The van der Waals surface area contributed by atoms with Crippen LogP contribution in [0, 0.1) is 6.92 Å². The van der Waals surface area contributed by atoms with E-state index >= 15 is 0 Å². The maximum Gasteiger partial charge on any atom is 0.253 e. The first kappa shape index (κ1) is 24.7. The summed E-state index contributed by atoms with van der Waals surface area (Å²) in [6.45, 7) is 10.6. The van der Waals surface area contributed by atoms with Crippen molar-refractivity contribution in [1.29, 1.82) is 0 Å². The van der Waals surface area contributed by atoms with Crippen LogP contribution in [0.4, 0.5) is 5.69 Å². The zero-order valence-corrected chi connectivity index (χ0v) is 21.3. The van der Waals surface area contributed by atoms with Gasteiger partial charge in [-0.05, 0) is 50.6 Å². The number of hydrazone groups is 1. The Hall–Kier alpha value is -2.91. The molecule has 172 valence electrons. The van der Waals surface area contributed by atoms with Gasteiger partial charge in [-0.2, -0.15) is 5.10 Å². The molecular weight excluding hydrogens is 500 g/mol. The number of rotatable bonds is 10. The van der Waals surface area contributed by atoms with E-state index in [-0.39, 0.29) is 5.91 Å². The van der Waals surface area contributed by atoms with Crippen LogP contribution >= 0.6 is 27.7 Å². The summed E-state index contributed by atoms with van der Waals surface area (Å²) in [5.74, 6) is 0.568. The zero-order chi connectivity index (χ0) is 23.8. The smallest absolute Gasteiger partial charge is 0.253 e. The van der Waals surface area contributed by atoms with E-state index in [9.17, 15) is 4.79 Å². The summed E-state index contributed by atoms with van der Waals surface area (Å²) in [6, 6.07) is 15.9. The van der Waals surface area contributed by atoms with Gasteiger partial charge in [0.2, 0.25) is 0 Å². The lowest BCUT2D eigenvalue weighted by Gasteiger charge is -2.12. The van der Waals surface area contributed by atoms with Gasteiger partial charge in [0.05, 0.1) is 17.5 Å². The van der Waals surface area contributed by atoms with E-state index < -0.39 is 5.25 Å². The highest BCUT2D eigenvalue weighted by Crippen LogP contribution is 2.23. The molecule has 0 aliphatic rings. The second-order valence-electron chi connectivity index (χ2n) is 7.46. The standard InChI is InChI=1S/C24H27BrN6OS/c1-5-14-31-22(15-26-21-12-6-16(2)7-13-21)28-30-24(31)33-18(4)23(32)29-27-17(3)19-8-10-20(25)11-9-19/h5-13,18,26H,1,14-15H2,2-4H3,(H,29,32)/t18-/m1/s1. The minimum atomic E-state index is -0.405. The van der Waals surface area contributed by atoms with E-state index in [0.29, 0.717) is 18.2 Å². The lowest BCUT2D eigenvalue weighted by atomic mass is 10.1. The molecule has 2 aromatic carbocycles. The average Bonchev–Trinajstić information content (AvgIpc) is 3.18. The molecule has 0 saturated heterocycles. The lowest BCUT2D eigenvalue weighted by Crippen LogP contribution is -2.28. The quantitative estimate of drug-likeness (QED) is 0.165. The molecule has 1 heterocycles. The third-order valence-electron chi connectivity index (χ3n) is 4.85. The third kappa shape index (κ3) is 7.03. The minimum Gasteiger partial charge on any atom is -0.378 e. The zero-order valence-electron chi connectivity index (χ0n) is 18.9. The molecule has 2 N–H and O–H groups in total. The predicted octanol–water partition coefficient (Wildman–Crippen LogP) is 5.17. The van der Waals surface area contributed by atoms with Gasteiger partial charge in [-0.3, -0.25) is 4.79 Å². The first-order valence-electron chi connectivity index (χ1n) is 10.5. The van der Waals surface area contributed by atoms with E-state index in [0.717, 1.165) is 27.3 Å². The Bertz CT molecular complexity index is 1120. The first-order chi connectivity index (χ1) is 15.9. The van der Waals surface area contributed by atoms with Crippen LogP contribution in [-0.2, 0) is 17.9 Å². The van der Waals surface area contributed by atoms with Crippen LogP contribution in [0.15, 0.2) is 75.9 Å². The monoisotopic (exact) mass is 526 g/mol. The molecule has 0 radical (unpaired) electrons. The van der Waals surface area contributed by atoms with Crippen LogP contribution in [0.25, 0.3) is 0 Å². The van der Waals surface area contributed by atoms with Crippen molar-refractivity contribution in [2.45, 2.75) is 44.3 Å². The average molecular weight is 527 g/mol. The molecular formula is C24H27BrN6OS. The van der Waals surface area contributed by atoms with E-state index in [1.165, 1.54) is 17.3 Å². The number of amides is 1. The molecule has 7 nitrogen and oxygen atoms in total. The Labute approximate surface area is 206 Å². The highest BCUT2D eigenvalue weighted by Gasteiger charge is 2.20. The van der Waals surface area contributed by atoms with Crippen LogP contribution in [0.1, 0.15) is 30.8 Å². The summed E-state index contributed by atoms with van der Waals surface area (Å²) in [6.07, 6.45) is 1.79. The maximum absolute atomic E-state index is 12.6. The second kappa shape index (κ2) is 11.8. The Morgan fingerprint density at radius 3 is 2.58 bits per heavy atom. The lowest BCUT2D eigenvalue weighted by molar-refractivity contribution is -0.120. The number of anilines is 1. The molecule has 0 bridgehead atoms. The van der Waals surface area contributed by atoms with Gasteiger partial charge >= 0.3 is 0 Å². The topological polar surface area (TPSA) is 84.2 Å². The summed E-state index contributed by atoms with van der Waals surface area (Å²) in [5, 5.41) is 16.5. The summed E-state index contributed by atoms with van der Waals surface area (Å²) < 4.78 is 2.95. The molecule has 33 heavy (non-hydrogen) atoms. The number of carbonyl (C=O) groups excluding carboxylic acids is 1. The highest BCUT2D eigenvalue weighted by molar-refractivity contribution is 9.10. The Balaban J connectivity index is 1.63. The van der Waals surface area contributed by atoms with Gasteiger partial charge in [-0.25, -0.2) is 5.43 Å². The number of hydrogen-bond acceptors (Lipinski definition) is 6. The van der Waals surface area contributed by atoms with Crippen molar-refractivity contribution < 1.29 is 4.79 Å². The number of aromatic nitrogens is 3. The minimum absolute atomic E-state index is 0.205. The van der Waals surface area contributed by atoms with E-state index in [1.807, 2.05) is 54.8 Å². The van der Waals surface area contributed by atoms with Crippen LogP contribution < -0.4 is 10.7 Å². The molecule has 0 unspecified atom stereocenters. The second-order valence-corrected chi connectivity index (χ2v) is 9.68. The Morgan fingerprint density at radius 2 is 1.91 bits per heavy atom. The molecule has 1 atom stereocenters. The van der Waals surface area contributed by atoms with Gasteiger partial charge in [-0.15, -0.1) is 16.8 Å². The van der Waals surface area contributed by atoms with Gasteiger partial charge in [0, 0.05) is 16.7 Å². The third-order valence-corrected chi connectivity index (χ3v) is 6.46. The SMILES string of the molecule is C=CCn1c(CNc2ccc(C)cc2)nnc1S[C@H](C)C(=O)NN=C(C)c1ccc(Br)cc1. The Morgan fingerprint density at radius 1 is 1.21 bits per heavy atom. The Kier molecular flexibility index (Phi) is 8.85. The van der Waals surface area contributed by atoms with Crippen molar-refractivity contribution in [3.8, 4) is 0 Å². The van der Waals surface area contributed by atoms with Crippen molar-refractivity contribution in [2.75, 3.05) is 5.32 Å². The summed E-state index contributed by atoms with van der Waals surface area (Å²) in [5.41, 5.74) is 6.54. The molecule has 0 saturated carbocycles. The number of hydrogen-bond donors (Lipinski definition) is 2. The highest BCUT2D eigenvalue weighted by atomic mass is 79.9. The number of thioether (sulfide) groups is 1. The molecule has 3 aromatic rings. The number of benzene rings is 2. The molecule has 0 aliphatic heterocycles. The molecule has 1 aromatic heterocycles. The van der Waals surface area contributed by atoms with Gasteiger partial charge in [0.25, 0.3) is 5.91 Å². The van der Waals surface area contributed by atoms with Crippen LogP contribution in [0.2, 0.25) is 0 Å². The summed E-state index contributed by atoms with van der Waals surface area (Å²) in [7, 11) is 0. The van der Waals surface area contributed by atoms with Gasteiger partial charge < -0.3 is 9.88 Å². The fourth-order valence-corrected chi connectivity index (χ4v) is 4.03. The normalized spacial score (nSPS) is 12.3. The van der Waals surface area contributed by atoms with Crippen molar-refractivity contribution >= 4 is 45.0 Å². The number of aryl methyl sites for hydroxylation is 1. The number of allylic oxidation sites excluding steroid dienone is 1. The molecule has 0 aliphatic carbocycles. The fourth-order valence-electron chi connectivity index (χ4n) is 2.90.